The quantitative estimate of drug-likeness (QED) is 0.331. The van der Waals surface area contributed by atoms with Crippen LogP contribution in [0.25, 0.3) is 22.2 Å². The van der Waals surface area contributed by atoms with Gasteiger partial charge in [0, 0.05) is 25.2 Å². The maximum Gasteiger partial charge on any atom is 0.417 e. The van der Waals surface area contributed by atoms with Gasteiger partial charge in [-0.25, -0.2) is 13.8 Å². The Bertz CT molecular complexity index is 1500. The van der Waals surface area contributed by atoms with Gasteiger partial charge in [0.2, 0.25) is 5.88 Å². The van der Waals surface area contributed by atoms with Crippen LogP contribution in [-0.2, 0) is 6.18 Å². The summed E-state index contributed by atoms with van der Waals surface area (Å²) in [4.78, 5) is 14.9. The smallest absolute Gasteiger partial charge is 0.417 e. The number of ether oxygens (including phenoxy) is 2. The molecule has 1 saturated carbocycles. The number of hydrogen-bond donors (Lipinski definition) is 3. The number of aromatic nitrogens is 3. The van der Waals surface area contributed by atoms with Crippen LogP contribution in [0.3, 0.4) is 0 Å². The molecule has 0 bridgehead atoms. The van der Waals surface area contributed by atoms with E-state index in [1.54, 1.807) is 6.92 Å². The summed E-state index contributed by atoms with van der Waals surface area (Å²) >= 11 is 0. The molecule has 2 aliphatic heterocycles. The van der Waals surface area contributed by atoms with E-state index < -0.39 is 57.6 Å². The zero-order valence-corrected chi connectivity index (χ0v) is 21.0. The van der Waals surface area contributed by atoms with E-state index in [-0.39, 0.29) is 41.3 Å². The molecule has 39 heavy (non-hydrogen) atoms. The summed E-state index contributed by atoms with van der Waals surface area (Å²) in [6, 6.07) is 0.212. The molecule has 0 radical (unpaired) electrons. The summed E-state index contributed by atoms with van der Waals surface area (Å²) in [5.74, 6) is -2.35. The fraction of sp³-hybridized carbons (Fsp3) is 0.480. The van der Waals surface area contributed by atoms with Crippen molar-refractivity contribution in [3.8, 4) is 23.1 Å². The molecule has 2 atom stereocenters. The Morgan fingerprint density at radius 2 is 1.97 bits per heavy atom. The number of nitrogens with zero attached hydrogens (tertiary/aromatic N) is 4. The van der Waals surface area contributed by atoms with E-state index in [2.05, 4.69) is 20.3 Å². The highest BCUT2D eigenvalue weighted by atomic mass is 19.4. The highest BCUT2D eigenvalue weighted by molar-refractivity contribution is 5.97. The number of anilines is 2. The molecule has 2 aromatic heterocycles. The number of alkyl halides is 3. The van der Waals surface area contributed by atoms with Crippen molar-refractivity contribution in [1.82, 2.24) is 20.3 Å². The first-order valence-corrected chi connectivity index (χ1v) is 12.5. The Kier molecular flexibility index (Phi) is 5.77. The third-order valence-corrected chi connectivity index (χ3v) is 7.58. The van der Waals surface area contributed by atoms with E-state index in [9.17, 15) is 22.7 Å². The first-order valence-electron chi connectivity index (χ1n) is 12.5. The Labute approximate surface area is 219 Å². The molecule has 3 aromatic rings. The van der Waals surface area contributed by atoms with Crippen molar-refractivity contribution in [2.24, 2.45) is 0 Å². The van der Waals surface area contributed by atoms with E-state index in [1.165, 1.54) is 0 Å². The summed E-state index contributed by atoms with van der Waals surface area (Å²) in [6.45, 7) is 3.95. The second-order valence-corrected chi connectivity index (χ2v) is 10.2. The fourth-order valence-corrected chi connectivity index (χ4v) is 5.28. The number of halogens is 5. The molecule has 0 unspecified atom stereocenters. The predicted octanol–water partition coefficient (Wildman–Crippen LogP) is 3.34. The number of aliphatic hydroxyl groups excluding tert-OH is 1. The summed E-state index contributed by atoms with van der Waals surface area (Å²) in [6.07, 6.45) is -4.50. The number of nitrogens with two attached hydrogens (primary N) is 1. The van der Waals surface area contributed by atoms with E-state index in [4.69, 9.17) is 15.2 Å². The van der Waals surface area contributed by atoms with Crippen molar-refractivity contribution in [2.45, 2.75) is 50.6 Å². The fourth-order valence-electron chi connectivity index (χ4n) is 5.28. The van der Waals surface area contributed by atoms with E-state index in [0.29, 0.717) is 38.5 Å². The lowest BCUT2D eigenvalue weighted by Gasteiger charge is -2.38. The van der Waals surface area contributed by atoms with Gasteiger partial charge in [-0.05, 0) is 38.3 Å². The van der Waals surface area contributed by atoms with Crippen LogP contribution in [0.4, 0.5) is 33.5 Å². The Morgan fingerprint density at radius 1 is 1.23 bits per heavy atom. The number of benzene rings is 1. The molecule has 4 N–H and O–H groups in total. The van der Waals surface area contributed by atoms with Crippen LogP contribution in [0.1, 0.15) is 30.9 Å². The standard InChI is InChI=1S/C25H25F5N6O3/c1-10-16(25(28,29)30)12(7-13(31)17(10)26)19-18(27)20-15-21(35-23(34-20)39-24(9-37)3-4-24)36-6-5-32-8-14(36)11(2)38-22(15)33-19/h7,11,14,32,37H,3-6,8-9,31H2,1-2H3/t11-,14-/m0/s1. The molecule has 0 amide bonds. The average molecular weight is 553 g/mol. The Morgan fingerprint density at radius 3 is 2.64 bits per heavy atom. The summed E-state index contributed by atoms with van der Waals surface area (Å²) in [5, 5.41) is 13.1. The monoisotopic (exact) mass is 552 g/mol. The molecular weight excluding hydrogens is 527 g/mol. The lowest BCUT2D eigenvalue weighted by molar-refractivity contribution is -0.137. The largest absolute Gasteiger partial charge is 0.472 e. The number of hydrogen-bond acceptors (Lipinski definition) is 9. The van der Waals surface area contributed by atoms with Crippen molar-refractivity contribution in [3.05, 3.63) is 28.8 Å². The van der Waals surface area contributed by atoms with Crippen molar-refractivity contribution in [3.63, 3.8) is 0 Å². The number of rotatable bonds is 4. The van der Waals surface area contributed by atoms with Crippen molar-refractivity contribution >= 4 is 22.4 Å². The predicted molar refractivity (Wildman–Crippen MR) is 131 cm³/mol. The van der Waals surface area contributed by atoms with Gasteiger partial charge < -0.3 is 30.5 Å². The molecule has 14 heteroatoms. The summed E-state index contributed by atoms with van der Waals surface area (Å²) in [5.41, 5.74) is 0.129. The molecule has 9 nitrogen and oxygen atoms in total. The van der Waals surface area contributed by atoms with Gasteiger partial charge in [-0.2, -0.15) is 23.1 Å². The number of piperazine rings is 1. The molecule has 208 valence electrons. The number of nitrogens with one attached hydrogen (secondary N) is 1. The van der Waals surface area contributed by atoms with Gasteiger partial charge in [-0.1, -0.05) is 0 Å². The minimum atomic E-state index is -5.05. The number of fused-ring (bicyclic) bond motifs is 2. The molecule has 4 heterocycles. The molecule has 0 spiro atoms. The lowest BCUT2D eigenvalue weighted by Crippen LogP contribution is -2.56. The van der Waals surface area contributed by atoms with Crippen LogP contribution in [0.15, 0.2) is 6.07 Å². The molecule has 1 aliphatic carbocycles. The van der Waals surface area contributed by atoms with E-state index in [0.717, 1.165) is 6.92 Å². The second-order valence-electron chi connectivity index (χ2n) is 10.2. The van der Waals surface area contributed by atoms with Gasteiger partial charge in [-0.15, -0.1) is 0 Å². The topological polar surface area (TPSA) is 119 Å². The van der Waals surface area contributed by atoms with Crippen molar-refractivity contribution < 1.29 is 36.5 Å². The van der Waals surface area contributed by atoms with Gasteiger partial charge in [-0.3, -0.25) is 0 Å². The summed E-state index contributed by atoms with van der Waals surface area (Å²) < 4.78 is 85.2. The van der Waals surface area contributed by atoms with Crippen molar-refractivity contribution in [2.75, 3.05) is 36.9 Å². The van der Waals surface area contributed by atoms with Crippen LogP contribution < -0.4 is 25.4 Å². The minimum Gasteiger partial charge on any atom is -0.472 e. The van der Waals surface area contributed by atoms with Crippen LogP contribution in [0.5, 0.6) is 11.9 Å². The first-order chi connectivity index (χ1) is 18.4. The maximum atomic E-state index is 16.3. The molecule has 1 aromatic carbocycles. The first kappa shape index (κ1) is 25.7. The van der Waals surface area contributed by atoms with Gasteiger partial charge >= 0.3 is 12.2 Å². The molecule has 2 fully saturated rings. The maximum absolute atomic E-state index is 16.3. The third-order valence-electron chi connectivity index (χ3n) is 7.58. The number of nitrogen functional groups attached to an aromatic ring is 1. The molecular formula is C25H25F5N6O3. The molecule has 1 saturated heterocycles. The van der Waals surface area contributed by atoms with Crippen LogP contribution >= 0.6 is 0 Å². The average Bonchev–Trinajstić information content (AvgIpc) is 3.68. The van der Waals surface area contributed by atoms with Crippen LogP contribution in [-0.4, -0.2) is 64.0 Å². The van der Waals surface area contributed by atoms with Gasteiger partial charge in [0.05, 0.1) is 23.9 Å². The number of pyridine rings is 1. The van der Waals surface area contributed by atoms with E-state index >= 15 is 4.39 Å². The highest BCUT2D eigenvalue weighted by Crippen LogP contribution is 2.47. The summed E-state index contributed by atoms with van der Waals surface area (Å²) in [7, 11) is 0. The van der Waals surface area contributed by atoms with Gasteiger partial charge in [0.25, 0.3) is 0 Å². The highest BCUT2D eigenvalue weighted by Gasteiger charge is 2.47. The second kappa shape index (κ2) is 8.74. The minimum absolute atomic E-state index is 0.0778. The zero-order valence-electron chi connectivity index (χ0n) is 21.0. The van der Waals surface area contributed by atoms with Crippen LogP contribution in [0, 0.1) is 18.6 Å². The zero-order chi connectivity index (χ0) is 27.9. The Balaban J connectivity index is 1.66. The van der Waals surface area contributed by atoms with Gasteiger partial charge in [0.15, 0.2) is 5.82 Å². The Hall–Kier alpha value is -3.52. The van der Waals surface area contributed by atoms with Crippen molar-refractivity contribution in [1.29, 1.82) is 0 Å². The van der Waals surface area contributed by atoms with E-state index in [1.807, 2.05) is 4.90 Å². The molecule has 6 rings (SSSR count). The number of aliphatic hydroxyl groups is 1. The van der Waals surface area contributed by atoms with Gasteiger partial charge in [0.1, 0.15) is 39.9 Å². The molecule has 3 aliphatic rings. The SMILES string of the molecule is Cc1c(F)c(N)cc(-c2nc3c4c(nc(OC5(CO)CC5)nc4c2F)N2CCNC[C@H]2[C@H](C)O3)c1C(F)(F)F. The normalized spacial score (nSPS) is 21.8. The lowest BCUT2D eigenvalue weighted by atomic mass is 9.96. The third kappa shape index (κ3) is 4.07. The van der Waals surface area contributed by atoms with Crippen LogP contribution in [0.2, 0.25) is 0 Å².